The van der Waals surface area contributed by atoms with E-state index in [9.17, 15) is 9.59 Å². The van der Waals surface area contributed by atoms with Crippen LogP contribution in [0.4, 0.5) is 0 Å². The predicted molar refractivity (Wildman–Crippen MR) is 94.1 cm³/mol. The van der Waals surface area contributed by atoms with Gasteiger partial charge in [0.15, 0.2) is 0 Å². The van der Waals surface area contributed by atoms with E-state index in [1.54, 1.807) is 0 Å². The van der Waals surface area contributed by atoms with Gasteiger partial charge in [-0.1, -0.05) is 43.7 Å². The fourth-order valence-electron chi connectivity index (χ4n) is 3.94. The Bertz CT molecular complexity index is 564. The number of nitrogens with zero attached hydrogens (tertiary/aromatic N) is 1. The molecular formula is C20H28N2O2. The fourth-order valence-corrected chi connectivity index (χ4v) is 3.94. The Morgan fingerprint density at radius 3 is 2.54 bits per heavy atom. The third-order valence-electron chi connectivity index (χ3n) is 5.57. The molecule has 1 heterocycles. The van der Waals surface area contributed by atoms with Gasteiger partial charge in [-0.2, -0.15) is 0 Å². The lowest BCUT2D eigenvalue weighted by Crippen LogP contribution is -2.41. The Hall–Kier alpha value is -1.84. The maximum atomic E-state index is 12.5. The molecule has 0 radical (unpaired) electrons. The summed E-state index contributed by atoms with van der Waals surface area (Å²) in [6.07, 6.45) is 6.18. The smallest absolute Gasteiger partial charge is 0.225 e. The van der Waals surface area contributed by atoms with Crippen LogP contribution < -0.4 is 5.32 Å². The molecule has 2 fully saturated rings. The van der Waals surface area contributed by atoms with Crippen molar-refractivity contribution in [3.63, 3.8) is 0 Å². The zero-order valence-electron chi connectivity index (χ0n) is 14.5. The third kappa shape index (κ3) is 4.16. The van der Waals surface area contributed by atoms with Crippen molar-refractivity contribution < 1.29 is 9.59 Å². The zero-order chi connectivity index (χ0) is 16.9. The average molecular weight is 328 g/mol. The molecule has 1 saturated carbocycles. The van der Waals surface area contributed by atoms with Gasteiger partial charge >= 0.3 is 0 Å². The molecule has 2 aliphatic rings. The summed E-state index contributed by atoms with van der Waals surface area (Å²) in [7, 11) is 0. The van der Waals surface area contributed by atoms with E-state index in [-0.39, 0.29) is 17.7 Å². The highest BCUT2D eigenvalue weighted by molar-refractivity contribution is 5.89. The van der Waals surface area contributed by atoms with Crippen molar-refractivity contribution in [1.82, 2.24) is 10.2 Å². The molecule has 24 heavy (non-hydrogen) atoms. The molecule has 0 aromatic heterocycles. The van der Waals surface area contributed by atoms with Crippen molar-refractivity contribution in [2.24, 2.45) is 11.8 Å². The zero-order valence-corrected chi connectivity index (χ0v) is 14.5. The second-order valence-electron chi connectivity index (χ2n) is 7.30. The lowest BCUT2D eigenvalue weighted by molar-refractivity contribution is -0.129. The summed E-state index contributed by atoms with van der Waals surface area (Å²) < 4.78 is 0. The Balaban J connectivity index is 1.49. The van der Waals surface area contributed by atoms with Crippen LogP contribution in [0.3, 0.4) is 0 Å². The minimum atomic E-state index is -0.190. The van der Waals surface area contributed by atoms with E-state index in [4.69, 9.17) is 0 Å². The number of amides is 2. The molecule has 4 nitrogen and oxygen atoms in total. The molecular weight excluding hydrogens is 300 g/mol. The van der Waals surface area contributed by atoms with Gasteiger partial charge in [0.25, 0.3) is 0 Å². The number of nitrogens with one attached hydrogen (secondary N) is 1. The molecule has 2 amide bonds. The van der Waals surface area contributed by atoms with E-state index >= 15 is 0 Å². The topological polar surface area (TPSA) is 49.4 Å². The first-order chi connectivity index (χ1) is 11.7. The summed E-state index contributed by atoms with van der Waals surface area (Å²) in [5.74, 6) is 0.797. The van der Waals surface area contributed by atoms with Crippen molar-refractivity contribution in [2.75, 3.05) is 6.54 Å². The molecule has 0 unspecified atom stereocenters. The minimum absolute atomic E-state index is 0.0684. The number of carbonyl (C=O) groups is 2. The van der Waals surface area contributed by atoms with Crippen molar-refractivity contribution in [1.29, 1.82) is 0 Å². The average Bonchev–Trinajstić information content (AvgIpc) is 2.97. The van der Waals surface area contributed by atoms with Gasteiger partial charge in [-0.25, -0.2) is 0 Å². The Morgan fingerprint density at radius 2 is 1.88 bits per heavy atom. The van der Waals surface area contributed by atoms with Crippen LogP contribution >= 0.6 is 0 Å². The van der Waals surface area contributed by atoms with E-state index in [0.29, 0.717) is 25.6 Å². The number of hydrogen-bond acceptors (Lipinski definition) is 2. The number of hydrogen-bond donors (Lipinski definition) is 1. The summed E-state index contributed by atoms with van der Waals surface area (Å²) in [5, 5.41) is 3.19. The summed E-state index contributed by atoms with van der Waals surface area (Å²) in [6, 6.07) is 10.3. The maximum Gasteiger partial charge on any atom is 0.225 e. The first-order valence-corrected chi connectivity index (χ1v) is 9.27. The first kappa shape index (κ1) is 17.0. The van der Waals surface area contributed by atoms with Gasteiger partial charge in [0.1, 0.15) is 0 Å². The van der Waals surface area contributed by atoms with Crippen LogP contribution in [0.5, 0.6) is 0 Å². The quantitative estimate of drug-likeness (QED) is 0.903. The Kier molecular flexibility index (Phi) is 5.54. The van der Waals surface area contributed by atoms with Gasteiger partial charge in [0.2, 0.25) is 11.8 Å². The fraction of sp³-hybridized carbons (Fsp3) is 0.600. The lowest BCUT2D eigenvalue weighted by Gasteiger charge is -2.29. The van der Waals surface area contributed by atoms with Gasteiger partial charge in [-0.15, -0.1) is 0 Å². The molecule has 1 atom stereocenters. The standard InChI is InChI=1S/C20H28N2O2/c1-2-15-8-10-18(11-9-15)21-20(24)17-12-19(23)22(14-17)13-16-6-4-3-5-7-16/h3-7,15,17-18H,2,8-14H2,1H3,(H,21,24)/t15?,17-,18?/m1/s1. The number of rotatable bonds is 5. The van der Waals surface area contributed by atoms with E-state index < -0.39 is 0 Å². The highest BCUT2D eigenvalue weighted by Crippen LogP contribution is 2.27. The summed E-state index contributed by atoms with van der Waals surface area (Å²) in [5.41, 5.74) is 1.12. The van der Waals surface area contributed by atoms with Crippen LogP contribution in [0.15, 0.2) is 30.3 Å². The summed E-state index contributed by atoms with van der Waals surface area (Å²) in [4.78, 5) is 26.5. The van der Waals surface area contributed by atoms with Crippen LogP contribution in [0.2, 0.25) is 0 Å². The highest BCUT2D eigenvalue weighted by Gasteiger charge is 2.35. The third-order valence-corrected chi connectivity index (χ3v) is 5.57. The van der Waals surface area contributed by atoms with E-state index in [2.05, 4.69) is 12.2 Å². The summed E-state index contributed by atoms with van der Waals surface area (Å²) in [6.45, 7) is 3.39. The van der Waals surface area contributed by atoms with Gasteiger partial charge in [0.05, 0.1) is 5.92 Å². The van der Waals surface area contributed by atoms with E-state index in [1.807, 2.05) is 35.2 Å². The van der Waals surface area contributed by atoms with E-state index in [0.717, 1.165) is 24.3 Å². The molecule has 1 aliphatic carbocycles. The second kappa shape index (κ2) is 7.82. The lowest BCUT2D eigenvalue weighted by atomic mass is 9.84. The predicted octanol–water partition coefficient (Wildman–Crippen LogP) is 3.12. The SMILES string of the molecule is CCC1CCC(NC(=O)[C@@H]2CC(=O)N(Cc3ccccc3)C2)CC1. The molecule has 1 N–H and O–H groups in total. The van der Waals surface area contributed by atoms with Crippen molar-refractivity contribution >= 4 is 11.8 Å². The first-order valence-electron chi connectivity index (χ1n) is 9.27. The molecule has 0 bridgehead atoms. The Labute approximate surface area is 144 Å². The number of benzene rings is 1. The highest BCUT2D eigenvalue weighted by atomic mass is 16.2. The van der Waals surface area contributed by atoms with Gasteiger partial charge in [-0.3, -0.25) is 9.59 Å². The van der Waals surface area contributed by atoms with Gasteiger partial charge in [0, 0.05) is 25.6 Å². The van der Waals surface area contributed by atoms with Gasteiger partial charge < -0.3 is 10.2 Å². The molecule has 4 heteroatoms. The van der Waals surface area contributed by atoms with Crippen LogP contribution in [0.25, 0.3) is 0 Å². The molecule has 1 aromatic rings. The monoisotopic (exact) mass is 328 g/mol. The molecule has 1 aliphatic heterocycles. The largest absolute Gasteiger partial charge is 0.353 e. The Morgan fingerprint density at radius 1 is 1.17 bits per heavy atom. The van der Waals surface area contributed by atoms with E-state index in [1.165, 1.54) is 19.3 Å². The maximum absolute atomic E-state index is 12.5. The number of carbonyl (C=O) groups excluding carboxylic acids is 2. The van der Waals surface area contributed by atoms with Crippen molar-refractivity contribution in [2.45, 2.75) is 58.0 Å². The van der Waals surface area contributed by atoms with Crippen LogP contribution in [-0.4, -0.2) is 29.3 Å². The van der Waals surface area contributed by atoms with Crippen LogP contribution in [-0.2, 0) is 16.1 Å². The van der Waals surface area contributed by atoms with Crippen LogP contribution in [0.1, 0.15) is 51.0 Å². The van der Waals surface area contributed by atoms with Gasteiger partial charge in [-0.05, 0) is 37.2 Å². The molecule has 1 saturated heterocycles. The normalized spacial score (nSPS) is 27.3. The van der Waals surface area contributed by atoms with Crippen LogP contribution in [0, 0.1) is 11.8 Å². The molecule has 3 rings (SSSR count). The van der Waals surface area contributed by atoms with Crippen molar-refractivity contribution in [3.05, 3.63) is 35.9 Å². The minimum Gasteiger partial charge on any atom is -0.353 e. The molecule has 1 aromatic carbocycles. The number of likely N-dealkylation sites (tertiary alicyclic amines) is 1. The summed E-state index contributed by atoms with van der Waals surface area (Å²) >= 11 is 0. The van der Waals surface area contributed by atoms with Crippen molar-refractivity contribution in [3.8, 4) is 0 Å². The molecule has 0 spiro atoms. The molecule has 130 valence electrons. The second-order valence-corrected chi connectivity index (χ2v) is 7.30.